The Bertz CT molecular complexity index is 833. The molecular weight excluding hydrogens is 318 g/mol. The molecule has 1 amide bonds. The number of benzene rings is 1. The molecule has 24 heavy (non-hydrogen) atoms. The first-order chi connectivity index (χ1) is 11.6. The second kappa shape index (κ2) is 7.03. The summed E-state index contributed by atoms with van der Waals surface area (Å²) in [6.07, 6.45) is 2.37. The van der Waals surface area contributed by atoms with Gasteiger partial charge in [-0.3, -0.25) is 9.20 Å². The van der Waals surface area contributed by atoms with E-state index in [1.54, 1.807) is 0 Å². The highest BCUT2D eigenvalue weighted by Gasteiger charge is 2.09. The number of hydrogen-bond acceptors (Lipinski definition) is 4. The van der Waals surface area contributed by atoms with Crippen LogP contribution < -0.4 is 10.1 Å². The van der Waals surface area contributed by atoms with Crippen LogP contribution >= 0.6 is 0 Å². The molecule has 8 heteroatoms. The van der Waals surface area contributed by atoms with Crippen LogP contribution in [0.2, 0.25) is 0 Å². The predicted molar refractivity (Wildman–Crippen MR) is 82.1 cm³/mol. The molecule has 0 fully saturated rings. The van der Waals surface area contributed by atoms with Gasteiger partial charge < -0.3 is 10.1 Å². The Labute approximate surface area is 136 Å². The summed E-state index contributed by atoms with van der Waals surface area (Å²) in [6.45, 7) is -2.51. The third kappa shape index (κ3) is 3.65. The first-order valence-electron chi connectivity index (χ1n) is 7.25. The first-order valence-corrected chi connectivity index (χ1v) is 7.25. The lowest BCUT2D eigenvalue weighted by molar-refractivity contribution is -0.0498. The minimum atomic E-state index is -2.89. The molecule has 0 aliphatic rings. The van der Waals surface area contributed by atoms with Crippen molar-refractivity contribution in [1.29, 1.82) is 0 Å². The zero-order chi connectivity index (χ0) is 16.9. The summed E-state index contributed by atoms with van der Waals surface area (Å²) in [6, 6.07) is 11.1. The summed E-state index contributed by atoms with van der Waals surface area (Å²) in [5.74, 6) is 0.454. The summed E-state index contributed by atoms with van der Waals surface area (Å²) in [5, 5.41) is 10.9. The van der Waals surface area contributed by atoms with Gasteiger partial charge >= 0.3 is 6.61 Å². The molecule has 0 bridgehead atoms. The lowest BCUT2D eigenvalue weighted by Gasteiger charge is -2.07. The number of amides is 1. The molecule has 0 radical (unpaired) electrons. The summed E-state index contributed by atoms with van der Waals surface area (Å²) in [5.41, 5.74) is 1.11. The van der Waals surface area contributed by atoms with Crippen molar-refractivity contribution < 1.29 is 18.3 Å². The van der Waals surface area contributed by atoms with Gasteiger partial charge in [0.25, 0.3) is 5.91 Å². The monoisotopic (exact) mass is 332 g/mol. The highest BCUT2D eigenvalue weighted by atomic mass is 19.3. The Kier molecular flexibility index (Phi) is 4.64. The van der Waals surface area contributed by atoms with E-state index in [0.29, 0.717) is 18.5 Å². The van der Waals surface area contributed by atoms with Crippen LogP contribution in [0.3, 0.4) is 0 Å². The fraction of sp³-hybridized carbons (Fsp3) is 0.188. The summed E-state index contributed by atoms with van der Waals surface area (Å²) >= 11 is 0. The van der Waals surface area contributed by atoms with Crippen molar-refractivity contribution in [3.05, 3.63) is 60.0 Å². The fourth-order valence-electron chi connectivity index (χ4n) is 2.24. The van der Waals surface area contributed by atoms with Gasteiger partial charge in [0, 0.05) is 24.7 Å². The van der Waals surface area contributed by atoms with Crippen LogP contribution in [0.15, 0.2) is 48.7 Å². The Morgan fingerprint density at radius 2 is 1.96 bits per heavy atom. The van der Waals surface area contributed by atoms with Gasteiger partial charge in [-0.2, -0.15) is 8.78 Å². The van der Waals surface area contributed by atoms with Crippen LogP contribution in [-0.2, 0) is 6.42 Å². The number of nitrogens with zero attached hydrogens (tertiary/aromatic N) is 3. The summed E-state index contributed by atoms with van der Waals surface area (Å²) in [7, 11) is 0. The number of rotatable bonds is 6. The topological polar surface area (TPSA) is 68.5 Å². The van der Waals surface area contributed by atoms with Gasteiger partial charge in [-0.15, -0.1) is 10.2 Å². The van der Waals surface area contributed by atoms with E-state index in [1.165, 1.54) is 24.3 Å². The number of fused-ring (bicyclic) bond motifs is 1. The van der Waals surface area contributed by atoms with Gasteiger partial charge in [-0.05, 0) is 36.4 Å². The predicted octanol–water partition coefficient (Wildman–Crippen LogP) is 2.30. The zero-order valence-electron chi connectivity index (χ0n) is 12.5. The molecule has 1 N–H and O–H groups in total. The number of aromatic nitrogens is 3. The quantitative estimate of drug-likeness (QED) is 0.752. The van der Waals surface area contributed by atoms with Crippen molar-refractivity contribution in [2.45, 2.75) is 13.0 Å². The fourth-order valence-corrected chi connectivity index (χ4v) is 2.24. The second-order valence-electron chi connectivity index (χ2n) is 4.95. The minimum absolute atomic E-state index is 0.0106. The van der Waals surface area contributed by atoms with Crippen molar-refractivity contribution in [2.75, 3.05) is 6.54 Å². The van der Waals surface area contributed by atoms with Crippen LogP contribution in [-0.4, -0.2) is 33.7 Å². The summed E-state index contributed by atoms with van der Waals surface area (Å²) < 4.78 is 30.2. The molecule has 0 spiro atoms. The van der Waals surface area contributed by atoms with E-state index >= 15 is 0 Å². The highest BCUT2D eigenvalue weighted by Crippen LogP contribution is 2.14. The molecule has 0 unspecified atom stereocenters. The van der Waals surface area contributed by atoms with E-state index in [9.17, 15) is 13.6 Å². The number of carbonyl (C=O) groups is 1. The Morgan fingerprint density at radius 1 is 1.17 bits per heavy atom. The summed E-state index contributed by atoms with van der Waals surface area (Å²) in [4.78, 5) is 12.0. The molecule has 0 saturated carbocycles. The van der Waals surface area contributed by atoms with Crippen LogP contribution in [0.1, 0.15) is 16.2 Å². The first kappa shape index (κ1) is 15.9. The average Bonchev–Trinajstić information content (AvgIpc) is 2.98. The number of alkyl halides is 2. The lowest BCUT2D eigenvalue weighted by Crippen LogP contribution is -2.26. The van der Waals surface area contributed by atoms with Gasteiger partial charge in [0.15, 0.2) is 5.65 Å². The number of hydrogen-bond donors (Lipinski definition) is 1. The maximum Gasteiger partial charge on any atom is 0.387 e. The average molecular weight is 332 g/mol. The molecule has 1 aromatic carbocycles. The SMILES string of the molecule is O=C(NCCc1nnc2ccccn12)c1ccc(OC(F)F)cc1. The number of nitrogens with one attached hydrogen (secondary N) is 1. The number of carbonyl (C=O) groups excluding carboxylic acids is 1. The molecule has 2 aromatic heterocycles. The van der Waals surface area contributed by atoms with Gasteiger partial charge in [0.2, 0.25) is 0 Å². The molecule has 0 aliphatic heterocycles. The van der Waals surface area contributed by atoms with Crippen LogP contribution in [0.4, 0.5) is 8.78 Å². The maximum absolute atomic E-state index is 12.1. The van der Waals surface area contributed by atoms with Crippen LogP contribution in [0.5, 0.6) is 5.75 Å². The molecule has 3 aromatic rings. The Morgan fingerprint density at radius 3 is 2.71 bits per heavy atom. The molecule has 0 aliphatic carbocycles. The van der Waals surface area contributed by atoms with Crippen LogP contribution in [0.25, 0.3) is 5.65 Å². The smallest absolute Gasteiger partial charge is 0.387 e. The van der Waals surface area contributed by atoms with Crippen molar-refractivity contribution in [2.24, 2.45) is 0 Å². The van der Waals surface area contributed by atoms with Gasteiger partial charge in [0.1, 0.15) is 11.6 Å². The largest absolute Gasteiger partial charge is 0.435 e. The third-order valence-electron chi connectivity index (χ3n) is 3.36. The molecule has 2 heterocycles. The third-order valence-corrected chi connectivity index (χ3v) is 3.36. The van der Waals surface area contributed by atoms with E-state index in [1.807, 2.05) is 28.8 Å². The van der Waals surface area contributed by atoms with E-state index in [-0.39, 0.29) is 11.7 Å². The van der Waals surface area contributed by atoms with Crippen molar-refractivity contribution in [1.82, 2.24) is 19.9 Å². The molecule has 0 saturated heterocycles. The van der Waals surface area contributed by atoms with E-state index < -0.39 is 6.61 Å². The molecule has 3 rings (SSSR count). The van der Waals surface area contributed by atoms with E-state index in [2.05, 4.69) is 20.3 Å². The standard InChI is InChI=1S/C16H14F2N4O2/c17-16(18)24-12-6-4-11(5-7-12)15(23)19-9-8-14-21-20-13-3-1-2-10-22(13)14/h1-7,10,16H,8-9H2,(H,19,23). The van der Waals surface area contributed by atoms with E-state index in [0.717, 1.165) is 11.5 Å². The van der Waals surface area contributed by atoms with Gasteiger partial charge in [0.05, 0.1) is 0 Å². The Hall–Kier alpha value is -3.03. The molecular formula is C16H14F2N4O2. The van der Waals surface area contributed by atoms with Crippen molar-refractivity contribution in [3.8, 4) is 5.75 Å². The van der Waals surface area contributed by atoms with Crippen molar-refractivity contribution in [3.63, 3.8) is 0 Å². The van der Waals surface area contributed by atoms with E-state index in [4.69, 9.17) is 0 Å². The molecule has 124 valence electrons. The normalized spacial score (nSPS) is 11.0. The van der Waals surface area contributed by atoms with Crippen molar-refractivity contribution >= 4 is 11.6 Å². The highest BCUT2D eigenvalue weighted by molar-refractivity contribution is 5.94. The number of pyridine rings is 1. The van der Waals surface area contributed by atoms with Gasteiger partial charge in [-0.25, -0.2) is 0 Å². The lowest BCUT2D eigenvalue weighted by atomic mass is 10.2. The molecule has 0 atom stereocenters. The number of halogens is 2. The molecule has 6 nitrogen and oxygen atoms in total. The maximum atomic E-state index is 12.1. The minimum Gasteiger partial charge on any atom is -0.435 e. The Balaban J connectivity index is 1.55. The van der Waals surface area contributed by atoms with Gasteiger partial charge in [-0.1, -0.05) is 6.07 Å². The second-order valence-corrected chi connectivity index (χ2v) is 4.95. The van der Waals surface area contributed by atoms with Crippen LogP contribution in [0, 0.1) is 0 Å². The number of ether oxygens (including phenoxy) is 1. The zero-order valence-corrected chi connectivity index (χ0v) is 12.5.